The fourth-order valence-electron chi connectivity index (χ4n) is 2.49. The van der Waals surface area contributed by atoms with Gasteiger partial charge in [-0.05, 0) is 37.1 Å². The van der Waals surface area contributed by atoms with Crippen LogP contribution in [-0.4, -0.2) is 25.7 Å². The summed E-state index contributed by atoms with van der Waals surface area (Å²) in [7, 11) is -2.36. The van der Waals surface area contributed by atoms with E-state index in [0.29, 0.717) is 5.82 Å². The lowest BCUT2D eigenvalue weighted by Crippen LogP contribution is -2.24. The number of ether oxygens (including phenoxy) is 1. The van der Waals surface area contributed by atoms with Crippen LogP contribution in [0.5, 0.6) is 5.75 Å². The van der Waals surface area contributed by atoms with Crippen molar-refractivity contribution in [1.29, 1.82) is 0 Å². The molecular weight excluding hydrogens is 354 g/mol. The van der Waals surface area contributed by atoms with E-state index in [9.17, 15) is 8.42 Å². The molecule has 0 fully saturated rings. The molecule has 3 aromatic rings. The topological polar surface area (TPSA) is 94.3 Å². The minimum atomic E-state index is -3.79. The summed E-state index contributed by atoms with van der Waals surface area (Å²) in [5, 5.41) is 3.92. The maximum Gasteiger partial charge on any atom is 0.244 e. The number of methoxy groups -OCH3 is 1. The SMILES string of the molecule is COc1ccc(C)cc1S(=O)(=O)NCc1nc(-c2ccccc2C)no1. The van der Waals surface area contributed by atoms with Crippen LogP contribution >= 0.6 is 0 Å². The van der Waals surface area contributed by atoms with Crippen LogP contribution in [0, 0.1) is 13.8 Å². The van der Waals surface area contributed by atoms with Crippen molar-refractivity contribution in [1.82, 2.24) is 14.9 Å². The van der Waals surface area contributed by atoms with E-state index in [1.807, 2.05) is 38.1 Å². The summed E-state index contributed by atoms with van der Waals surface area (Å²) in [6, 6.07) is 12.6. The van der Waals surface area contributed by atoms with Crippen molar-refractivity contribution in [2.45, 2.75) is 25.3 Å². The largest absolute Gasteiger partial charge is 0.495 e. The lowest BCUT2D eigenvalue weighted by Gasteiger charge is -2.10. The van der Waals surface area contributed by atoms with Gasteiger partial charge in [0.1, 0.15) is 10.6 Å². The molecule has 0 amide bonds. The molecule has 1 N–H and O–H groups in total. The normalized spacial score (nSPS) is 11.5. The summed E-state index contributed by atoms with van der Waals surface area (Å²) in [4.78, 5) is 4.33. The average Bonchev–Trinajstić information content (AvgIpc) is 3.09. The molecule has 0 saturated heterocycles. The van der Waals surface area contributed by atoms with Gasteiger partial charge in [0, 0.05) is 5.56 Å². The Kier molecular flexibility index (Phi) is 5.06. The third-order valence-electron chi connectivity index (χ3n) is 3.88. The van der Waals surface area contributed by atoms with E-state index in [2.05, 4.69) is 14.9 Å². The predicted octanol–water partition coefficient (Wildman–Crippen LogP) is 2.84. The van der Waals surface area contributed by atoms with Gasteiger partial charge in [0.05, 0.1) is 13.7 Å². The van der Waals surface area contributed by atoms with E-state index in [0.717, 1.165) is 16.7 Å². The zero-order valence-corrected chi connectivity index (χ0v) is 15.5. The van der Waals surface area contributed by atoms with Crippen molar-refractivity contribution in [2.24, 2.45) is 0 Å². The summed E-state index contributed by atoms with van der Waals surface area (Å²) in [6.45, 7) is 3.64. The second kappa shape index (κ2) is 7.27. The van der Waals surface area contributed by atoms with Crippen LogP contribution in [0.1, 0.15) is 17.0 Å². The molecule has 0 aliphatic carbocycles. The highest BCUT2D eigenvalue weighted by Crippen LogP contribution is 2.25. The van der Waals surface area contributed by atoms with Crippen LogP contribution in [0.3, 0.4) is 0 Å². The second-order valence-corrected chi connectivity index (χ2v) is 7.54. The van der Waals surface area contributed by atoms with Gasteiger partial charge in [0.15, 0.2) is 0 Å². The van der Waals surface area contributed by atoms with Crippen molar-refractivity contribution in [3.8, 4) is 17.1 Å². The van der Waals surface area contributed by atoms with Crippen LogP contribution in [0.2, 0.25) is 0 Å². The first kappa shape index (κ1) is 18.1. The molecule has 0 unspecified atom stereocenters. The minimum absolute atomic E-state index is 0.0682. The zero-order chi connectivity index (χ0) is 18.7. The van der Waals surface area contributed by atoms with E-state index in [-0.39, 0.29) is 23.1 Å². The highest BCUT2D eigenvalue weighted by molar-refractivity contribution is 7.89. The highest BCUT2D eigenvalue weighted by atomic mass is 32.2. The Balaban J connectivity index is 1.79. The van der Waals surface area contributed by atoms with Gasteiger partial charge in [-0.25, -0.2) is 13.1 Å². The molecule has 0 aliphatic rings. The summed E-state index contributed by atoms with van der Waals surface area (Å²) in [5.74, 6) is 0.873. The van der Waals surface area contributed by atoms with E-state index in [1.54, 1.807) is 18.2 Å². The molecule has 0 saturated carbocycles. The number of hydrogen-bond donors (Lipinski definition) is 1. The smallest absolute Gasteiger partial charge is 0.244 e. The van der Waals surface area contributed by atoms with Crippen LogP contribution in [0.4, 0.5) is 0 Å². The molecule has 0 atom stereocenters. The van der Waals surface area contributed by atoms with Gasteiger partial charge in [0.2, 0.25) is 21.7 Å². The fourth-order valence-corrected chi connectivity index (χ4v) is 3.71. The fraction of sp³-hybridized carbons (Fsp3) is 0.222. The molecule has 0 spiro atoms. The predicted molar refractivity (Wildman–Crippen MR) is 96.2 cm³/mol. The maximum absolute atomic E-state index is 12.6. The number of aromatic nitrogens is 2. The Bertz CT molecular complexity index is 1030. The monoisotopic (exact) mass is 373 g/mol. The van der Waals surface area contributed by atoms with Crippen LogP contribution < -0.4 is 9.46 Å². The molecule has 0 radical (unpaired) electrons. The van der Waals surface area contributed by atoms with E-state index >= 15 is 0 Å². The number of nitrogens with one attached hydrogen (secondary N) is 1. The van der Waals surface area contributed by atoms with E-state index in [1.165, 1.54) is 7.11 Å². The molecule has 1 heterocycles. The third kappa shape index (κ3) is 3.76. The quantitative estimate of drug-likeness (QED) is 0.714. The Morgan fingerprint density at radius 1 is 1.15 bits per heavy atom. The summed E-state index contributed by atoms with van der Waals surface area (Å²) in [5.41, 5.74) is 2.65. The van der Waals surface area contributed by atoms with E-state index in [4.69, 9.17) is 9.26 Å². The van der Waals surface area contributed by atoms with Crippen LogP contribution in [-0.2, 0) is 16.6 Å². The molecule has 7 nitrogen and oxygen atoms in total. The Labute approximate surface area is 152 Å². The zero-order valence-electron chi connectivity index (χ0n) is 14.7. The molecule has 1 aromatic heterocycles. The molecule has 2 aromatic carbocycles. The third-order valence-corrected chi connectivity index (χ3v) is 5.30. The van der Waals surface area contributed by atoms with Gasteiger partial charge in [-0.3, -0.25) is 0 Å². The molecule has 8 heteroatoms. The lowest BCUT2D eigenvalue weighted by atomic mass is 10.1. The number of hydrogen-bond acceptors (Lipinski definition) is 6. The maximum atomic E-state index is 12.6. The first-order valence-electron chi connectivity index (χ1n) is 7.93. The minimum Gasteiger partial charge on any atom is -0.495 e. The number of sulfonamides is 1. The lowest BCUT2D eigenvalue weighted by molar-refractivity contribution is 0.375. The molecule has 3 rings (SSSR count). The second-order valence-electron chi connectivity index (χ2n) is 5.81. The Morgan fingerprint density at radius 3 is 2.65 bits per heavy atom. The van der Waals surface area contributed by atoms with Crippen LogP contribution in [0.25, 0.3) is 11.4 Å². The molecule has 0 bridgehead atoms. The standard InChI is InChI=1S/C18H19N3O4S/c1-12-8-9-15(24-3)16(10-12)26(22,23)19-11-17-20-18(21-25-17)14-7-5-4-6-13(14)2/h4-10,19H,11H2,1-3H3. The van der Waals surface area contributed by atoms with Crippen molar-refractivity contribution in [2.75, 3.05) is 7.11 Å². The number of aryl methyl sites for hydroxylation is 2. The van der Waals surface area contributed by atoms with Gasteiger partial charge >= 0.3 is 0 Å². The summed E-state index contributed by atoms with van der Waals surface area (Å²) in [6.07, 6.45) is 0. The van der Waals surface area contributed by atoms with Crippen molar-refractivity contribution >= 4 is 10.0 Å². The number of benzene rings is 2. The van der Waals surface area contributed by atoms with Gasteiger partial charge < -0.3 is 9.26 Å². The van der Waals surface area contributed by atoms with Gasteiger partial charge in [-0.2, -0.15) is 4.98 Å². The van der Waals surface area contributed by atoms with Crippen molar-refractivity contribution in [3.05, 3.63) is 59.5 Å². The summed E-state index contributed by atoms with van der Waals surface area (Å²) >= 11 is 0. The van der Waals surface area contributed by atoms with Gasteiger partial charge in [0.25, 0.3) is 0 Å². The summed E-state index contributed by atoms with van der Waals surface area (Å²) < 4.78 is 38.0. The number of rotatable bonds is 6. The van der Waals surface area contributed by atoms with Crippen molar-refractivity contribution in [3.63, 3.8) is 0 Å². The average molecular weight is 373 g/mol. The molecule has 136 valence electrons. The van der Waals surface area contributed by atoms with Crippen molar-refractivity contribution < 1.29 is 17.7 Å². The molecule has 0 aliphatic heterocycles. The van der Waals surface area contributed by atoms with E-state index < -0.39 is 10.0 Å². The van der Waals surface area contributed by atoms with Gasteiger partial charge in [-0.15, -0.1) is 0 Å². The number of nitrogens with zero attached hydrogens (tertiary/aromatic N) is 2. The first-order chi connectivity index (χ1) is 12.4. The van der Waals surface area contributed by atoms with Crippen LogP contribution in [0.15, 0.2) is 51.9 Å². The van der Waals surface area contributed by atoms with Gasteiger partial charge in [-0.1, -0.05) is 35.5 Å². The molecular formula is C18H19N3O4S. The Hall–Kier alpha value is -2.71. The first-order valence-corrected chi connectivity index (χ1v) is 9.42. The molecule has 26 heavy (non-hydrogen) atoms. The highest BCUT2D eigenvalue weighted by Gasteiger charge is 2.21. The Morgan fingerprint density at radius 2 is 1.92 bits per heavy atom.